The van der Waals surface area contributed by atoms with Gasteiger partial charge in [-0.2, -0.15) is 4.98 Å². The molecule has 1 aromatic rings. The molecule has 1 saturated carbocycles. The van der Waals surface area contributed by atoms with Crippen LogP contribution in [0.4, 0.5) is 0 Å². The van der Waals surface area contributed by atoms with Gasteiger partial charge in [-0.25, -0.2) is 0 Å². The van der Waals surface area contributed by atoms with Crippen LogP contribution in [-0.4, -0.2) is 23.4 Å². The number of rotatable bonds is 2. The Labute approximate surface area is 81.6 Å². The first-order chi connectivity index (χ1) is 6.78. The van der Waals surface area contributed by atoms with Crippen molar-refractivity contribution >= 4 is 0 Å². The van der Waals surface area contributed by atoms with E-state index < -0.39 is 5.54 Å². The molecule has 5 nitrogen and oxygen atoms in total. The summed E-state index contributed by atoms with van der Waals surface area (Å²) < 4.78 is 10.4. The van der Waals surface area contributed by atoms with Crippen molar-refractivity contribution in [3.05, 3.63) is 11.7 Å². The number of hydrogen-bond donors (Lipinski definition) is 1. The predicted octanol–water partition coefficient (Wildman–Crippen LogP) is 0.521. The Morgan fingerprint density at radius 2 is 2.29 bits per heavy atom. The number of nitrogens with zero attached hydrogens (tertiary/aromatic N) is 2. The van der Waals surface area contributed by atoms with Crippen LogP contribution in [0, 0.1) is 0 Å². The van der Waals surface area contributed by atoms with Gasteiger partial charge in [0.15, 0.2) is 5.82 Å². The summed E-state index contributed by atoms with van der Waals surface area (Å²) in [6, 6.07) is 0. The summed E-state index contributed by atoms with van der Waals surface area (Å²) in [5, 5.41) is 3.95. The lowest BCUT2D eigenvalue weighted by Crippen LogP contribution is -2.37. The number of aromatic nitrogens is 2. The fourth-order valence-corrected chi connectivity index (χ4v) is 1.69. The summed E-state index contributed by atoms with van der Waals surface area (Å²) in [6.45, 7) is 1.16. The third-order valence-electron chi connectivity index (χ3n) is 2.86. The molecule has 1 aromatic heterocycles. The molecule has 0 spiro atoms. The molecule has 76 valence electrons. The molecule has 1 aliphatic heterocycles. The zero-order valence-corrected chi connectivity index (χ0v) is 7.90. The Kier molecular flexibility index (Phi) is 1.66. The van der Waals surface area contributed by atoms with Crippen LogP contribution < -0.4 is 5.73 Å². The van der Waals surface area contributed by atoms with E-state index in [0.717, 1.165) is 12.2 Å². The van der Waals surface area contributed by atoms with Crippen LogP contribution in [0.5, 0.6) is 0 Å². The lowest BCUT2D eigenvalue weighted by Gasteiger charge is -2.14. The van der Waals surface area contributed by atoms with Gasteiger partial charge in [-0.05, 0) is 19.3 Å². The Morgan fingerprint density at radius 1 is 1.43 bits per heavy atom. The molecule has 14 heavy (non-hydrogen) atoms. The molecule has 1 atom stereocenters. The SMILES string of the molecule is NC1(c2nc(C3CC3)no2)CCOC1. The Bertz CT molecular complexity index is 340. The summed E-state index contributed by atoms with van der Waals surface area (Å²) in [5.41, 5.74) is 5.55. The molecule has 2 fully saturated rings. The van der Waals surface area contributed by atoms with Crippen molar-refractivity contribution in [3.63, 3.8) is 0 Å². The lowest BCUT2D eigenvalue weighted by molar-refractivity contribution is 0.166. The highest BCUT2D eigenvalue weighted by molar-refractivity contribution is 5.09. The van der Waals surface area contributed by atoms with Crippen molar-refractivity contribution in [2.24, 2.45) is 5.73 Å². The first kappa shape index (κ1) is 8.38. The quantitative estimate of drug-likeness (QED) is 0.744. The zero-order valence-electron chi connectivity index (χ0n) is 7.90. The number of nitrogens with two attached hydrogens (primary N) is 1. The van der Waals surface area contributed by atoms with E-state index in [9.17, 15) is 0 Å². The van der Waals surface area contributed by atoms with Crippen molar-refractivity contribution in [1.82, 2.24) is 10.1 Å². The monoisotopic (exact) mass is 195 g/mol. The van der Waals surface area contributed by atoms with E-state index in [1.165, 1.54) is 12.8 Å². The van der Waals surface area contributed by atoms with Crippen molar-refractivity contribution in [2.75, 3.05) is 13.2 Å². The van der Waals surface area contributed by atoms with Gasteiger partial charge in [0.05, 0.1) is 6.61 Å². The average molecular weight is 195 g/mol. The molecule has 2 aliphatic rings. The maximum Gasteiger partial charge on any atom is 0.249 e. The molecule has 0 radical (unpaired) electrons. The highest BCUT2D eigenvalue weighted by Gasteiger charge is 2.39. The van der Waals surface area contributed by atoms with E-state index in [4.69, 9.17) is 15.0 Å². The van der Waals surface area contributed by atoms with E-state index in [2.05, 4.69) is 10.1 Å². The van der Waals surface area contributed by atoms with Crippen LogP contribution in [0.2, 0.25) is 0 Å². The second-order valence-corrected chi connectivity index (χ2v) is 4.19. The van der Waals surface area contributed by atoms with Crippen LogP contribution in [0.3, 0.4) is 0 Å². The normalized spacial score (nSPS) is 32.4. The van der Waals surface area contributed by atoms with Crippen molar-refractivity contribution in [3.8, 4) is 0 Å². The predicted molar refractivity (Wildman–Crippen MR) is 47.6 cm³/mol. The minimum atomic E-state index is -0.542. The van der Waals surface area contributed by atoms with Crippen LogP contribution >= 0.6 is 0 Å². The first-order valence-electron chi connectivity index (χ1n) is 4.99. The fourth-order valence-electron chi connectivity index (χ4n) is 1.69. The lowest BCUT2D eigenvalue weighted by atomic mass is 10.0. The summed E-state index contributed by atoms with van der Waals surface area (Å²) in [6.07, 6.45) is 3.11. The molecule has 1 aliphatic carbocycles. The highest BCUT2D eigenvalue weighted by Crippen LogP contribution is 2.39. The molecule has 3 rings (SSSR count). The van der Waals surface area contributed by atoms with E-state index in [1.807, 2.05) is 0 Å². The molecule has 2 N–H and O–H groups in total. The third-order valence-corrected chi connectivity index (χ3v) is 2.86. The molecule has 1 saturated heterocycles. The van der Waals surface area contributed by atoms with Gasteiger partial charge in [0.25, 0.3) is 0 Å². The van der Waals surface area contributed by atoms with Crippen LogP contribution in [0.15, 0.2) is 4.52 Å². The van der Waals surface area contributed by atoms with Gasteiger partial charge in [-0.3, -0.25) is 0 Å². The fraction of sp³-hybridized carbons (Fsp3) is 0.778. The third kappa shape index (κ3) is 1.24. The number of hydrogen-bond acceptors (Lipinski definition) is 5. The summed E-state index contributed by atoms with van der Waals surface area (Å²) in [7, 11) is 0. The standard InChI is InChI=1S/C9H13N3O2/c10-9(3-4-13-5-9)8-11-7(12-14-8)6-1-2-6/h6H,1-5,10H2. The maximum atomic E-state index is 6.09. The first-order valence-corrected chi connectivity index (χ1v) is 4.99. The van der Waals surface area contributed by atoms with E-state index in [1.54, 1.807) is 0 Å². The highest BCUT2D eigenvalue weighted by atomic mass is 16.5. The van der Waals surface area contributed by atoms with Crippen LogP contribution in [0.1, 0.15) is 36.9 Å². The Morgan fingerprint density at radius 3 is 2.93 bits per heavy atom. The Balaban J connectivity index is 1.87. The number of ether oxygens (including phenoxy) is 1. The minimum Gasteiger partial charge on any atom is -0.379 e. The summed E-state index contributed by atoms with van der Waals surface area (Å²) in [4.78, 5) is 4.34. The van der Waals surface area contributed by atoms with Crippen LogP contribution in [0.25, 0.3) is 0 Å². The van der Waals surface area contributed by atoms with Gasteiger partial charge in [-0.15, -0.1) is 0 Å². The molecule has 5 heteroatoms. The second-order valence-electron chi connectivity index (χ2n) is 4.19. The van der Waals surface area contributed by atoms with Gasteiger partial charge in [0.2, 0.25) is 5.89 Å². The molecular formula is C9H13N3O2. The maximum absolute atomic E-state index is 6.09. The average Bonchev–Trinajstić information content (AvgIpc) is 2.75. The smallest absolute Gasteiger partial charge is 0.249 e. The topological polar surface area (TPSA) is 74.2 Å². The molecular weight excluding hydrogens is 182 g/mol. The minimum absolute atomic E-state index is 0.485. The molecule has 0 aromatic carbocycles. The van der Waals surface area contributed by atoms with Gasteiger partial charge in [0.1, 0.15) is 5.54 Å². The van der Waals surface area contributed by atoms with E-state index in [0.29, 0.717) is 25.0 Å². The molecule has 0 bridgehead atoms. The van der Waals surface area contributed by atoms with Crippen molar-refractivity contribution in [1.29, 1.82) is 0 Å². The van der Waals surface area contributed by atoms with E-state index in [-0.39, 0.29) is 0 Å². The van der Waals surface area contributed by atoms with E-state index >= 15 is 0 Å². The Hall–Kier alpha value is -0.940. The molecule has 2 heterocycles. The molecule has 0 amide bonds. The largest absolute Gasteiger partial charge is 0.379 e. The van der Waals surface area contributed by atoms with Gasteiger partial charge < -0.3 is 15.0 Å². The summed E-state index contributed by atoms with van der Waals surface area (Å²) >= 11 is 0. The summed E-state index contributed by atoms with van der Waals surface area (Å²) in [5.74, 6) is 1.87. The second kappa shape index (κ2) is 2.77. The van der Waals surface area contributed by atoms with Gasteiger partial charge >= 0.3 is 0 Å². The van der Waals surface area contributed by atoms with Crippen molar-refractivity contribution < 1.29 is 9.26 Å². The van der Waals surface area contributed by atoms with Gasteiger partial charge in [-0.1, -0.05) is 5.16 Å². The zero-order chi connectivity index (χ0) is 9.60. The molecule has 1 unspecified atom stereocenters. The van der Waals surface area contributed by atoms with Crippen molar-refractivity contribution in [2.45, 2.75) is 30.7 Å². The van der Waals surface area contributed by atoms with Gasteiger partial charge in [0, 0.05) is 12.5 Å². The van der Waals surface area contributed by atoms with Crippen LogP contribution in [-0.2, 0) is 10.3 Å².